The van der Waals surface area contributed by atoms with Crippen LogP contribution in [0.5, 0.6) is 0 Å². The molecule has 1 rings (SSSR count). The van der Waals surface area contributed by atoms with Crippen LogP contribution in [0.4, 0.5) is 4.79 Å². The van der Waals surface area contributed by atoms with Crippen molar-refractivity contribution < 1.29 is 19.1 Å². The van der Waals surface area contributed by atoms with Crippen molar-refractivity contribution in [3.05, 3.63) is 17.8 Å². The average Bonchev–Trinajstić information content (AvgIpc) is 2.64. The molecule has 1 aromatic heterocycles. The summed E-state index contributed by atoms with van der Waals surface area (Å²) in [5, 5.41) is 10.9. The fourth-order valence-corrected chi connectivity index (χ4v) is 1.21. The molecule has 0 aromatic carbocycles. The Balaban J connectivity index is 2.77. The SMILES string of the molecule is CCCC(NC(=O)O)c1ncc(C=O)o1. The number of amides is 1. The highest BCUT2D eigenvalue weighted by Crippen LogP contribution is 2.17. The molecule has 2 N–H and O–H groups in total. The van der Waals surface area contributed by atoms with E-state index in [1.807, 2.05) is 6.92 Å². The lowest BCUT2D eigenvalue weighted by molar-refractivity contribution is 0.109. The molecule has 6 nitrogen and oxygen atoms in total. The molecule has 0 aliphatic carbocycles. The summed E-state index contributed by atoms with van der Waals surface area (Å²) in [5.74, 6) is 0.319. The van der Waals surface area contributed by atoms with Crippen molar-refractivity contribution in [1.82, 2.24) is 10.3 Å². The normalized spacial score (nSPS) is 12.1. The first kappa shape index (κ1) is 11.2. The molecule has 0 fully saturated rings. The van der Waals surface area contributed by atoms with Crippen molar-refractivity contribution >= 4 is 12.4 Å². The summed E-state index contributed by atoms with van der Waals surface area (Å²) >= 11 is 0. The maximum absolute atomic E-state index is 10.5. The molecule has 0 aliphatic rings. The summed E-state index contributed by atoms with van der Waals surface area (Å²) in [4.78, 5) is 24.7. The predicted molar refractivity (Wildman–Crippen MR) is 50.7 cm³/mol. The second-order valence-corrected chi connectivity index (χ2v) is 3.01. The first-order chi connectivity index (χ1) is 7.17. The van der Waals surface area contributed by atoms with Crippen LogP contribution in [0, 0.1) is 0 Å². The van der Waals surface area contributed by atoms with Gasteiger partial charge in [0.2, 0.25) is 5.89 Å². The van der Waals surface area contributed by atoms with Crippen LogP contribution in [-0.4, -0.2) is 22.5 Å². The fraction of sp³-hybridized carbons (Fsp3) is 0.444. The van der Waals surface area contributed by atoms with Gasteiger partial charge >= 0.3 is 6.09 Å². The Kier molecular flexibility index (Phi) is 3.84. The first-order valence-corrected chi connectivity index (χ1v) is 4.57. The summed E-state index contributed by atoms with van der Waals surface area (Å²) in [6.07, 6.45) is 2.02. The van der Waals surface area contributed by atoms with Gasteiger partial charge in [0.15, 0.2) is 12.0 Å². The molecule has 1 aromatic rings. The summed E-state index contributed by atoms with van der Waals surface area (Å²) in [6.45, 7) is 1.92. The van der Waals surface area contributed by atoms with Gasteiger partial charge in [0, 0.05) is 0 Å². The monoisotopic (exact) mass is 212 g/mol. The first-order valence-electron chi connectivity index (χ1n) is 4.57. The van der Waals surface area contributed by atoms with Gasteiger partial charge in [-0.1, -0.05) is 13.3 Å². The number of nitrogens with zero attached hydrogens (tertiary/aromatic N) is 1. The number of rotatable bonds is 5. The van der Waals surface area contributed by atoms with Gasteiger partial charge in [-0.2, -0.15) is 0 Å². The molecule has 1 heterocycles. The molecule has 0 aliphatic heterocycles. The maximum Gasteiger partial charge on any atom is 0.405 e. The van der Waals surface area contributed by atoms with Crippen LogP contribution >= 0.6 is 0 Å². The number of aldehydes is 1. The van der Waals surface area contributed by atoms with Gasteiger partial charge in [-0.05, 0) is 6.42 Å². The quantitative estimate of drug-likeness (QED) is 0.723. The van der Waals surface area contributed by atoms with Gasteiger partial charge in [-0.15, -0.1) is 0 Å². The molecular formula is C9H12N2O4. The van der Waals surface area contributed by atoms with E-state index in [9.17, 15) is 9.59 Å². The molecule has 0 bridgehead atoms. The van der Waals surface area contributed by atoms with Gasteiger partial charge in [-0.25, -0.2) is 9.78 Å². The number of oxazole rings is 1. The summed E-state index contributed by atoms with van der Waals surface area (Å²) in [5.41, 5.74) is 0. The van der Waals surface area contributed by atoms with Crippen LogP contribution in [0.3, 0.4) is 0 Å². The smallest absolute Gasteiger partial charge is 0.405 e. The zero-order valence-corrected chi connectivity index (χ0v) is 8.27. The second-order valence-electron chi connectivity index (χ2n) is 3.01. The summed E-state index contributed by atoms with van der Waals surface area (Å²) < 4.78 is 5.04. The van der Waals surface area contributed by atoms with Gasteiger partial charge in [0.25, 0.3) is 0 Å². The molecule has 82 valence electrons. The second kappa shape index (κ2) is 5.14. The highest BCUT2D eigenvalue weighted by atomic mass is 16.4. The van der Waals surface area contributed by atoms with E-state index in [0.717, 1.165) is 6.42 Å². The van der Waals surface area contributed by atoms with Crippen molar-refractivity contribution in [3.8, 4) is 0 Å². The number of hydrogen-bond donors (Lipinski definition) is 2. The minimum atomic E-state index is -1.14. The molecule has 0 radical (unpaired) electrons. The number of hydrogen-bond acceptors (Lipinski definition) is 4. The number of carbonyl (C=O) groups is 2. The van der Waals surface area contributed by atoms with E-state index in [4.69, 9.17) is 9.52 Å². The Morgan fingerprint density at radius 3 is 3.00 bits per heavy atom. The van der Waals surface area contributed by atoms with Gasteiger partial charge < -0.3 is 14.8 Å². The summed E-state index contributed by atoms with van der Waals surface area (Å²) in [6, 6.07) is -0.499. The molecule has 0 saturated carbocycles. The molecule has 1 unspecified atom stereocenters. The van der Waals surface area contributed by atoms with E-state index >= 15 is 0 Å². The predicted octanol–water partition coefficient (Wildman–Crippen LogP) is 1.60. The average molecular weight is 212 g/mol. The van der Waals surface area contributed by atoms with Crippen molar-refractivity contribution in [3.63, 3.8) is 0 Å². The van der Waals surface area contributed by atoms with E-state index in [1.165, 1.54) is 6.20 Å². The van der Waals surface area contributed by atoms with Crippen LogP contribution in [0.25, 0.3) is 0 Å². The molecular weight excluding hydrogens is 200 g/mol. The lowest BCUT2D eigenvalue weighted by Gasteiger charge is -2.11. The molecule has 1 atom stereocenters. The van der Waals surface area contributed by atoms with Crippen molar-refractivity contribution in [2.24, 2.45) is 0 Å². The van der Waals surface area contributed by atoms with Crippen LogP contribution in [0.1, 0.15) is 42.3 Å². The third-order valence-electron chi connectivity index (χ3n) is 1.83. The molecule has 6 heteroatoms. The zero-order valence-electron chi connectivity index (χ0n) is 8.27. The third-order valence-corrected chi connectivity index (χ3v) is 1.83. The zero-order chi connectivity index (χ0) is 11.3. The highest BCUT2D eigenvalue weighted by molar-refractivity contribution is 5.69. The van der Waals surface area contributed by atoms with Gasteiger partial charge in [0.1, 0.15) is 6.04 Å². The lowest BCUT2D eigenvalue weighted by atomic mass is 10.2. The standard InChI is InChI=1S/C9H12N2O4/c1-2-3-7(11-9(13)14)8-10-4-6(5-12)15-8/h4-5,7,11H,2-3H2,1H3,(H,13,14). The van der Waals surface area contributed by atoms with Crippen molar-refractivity contribution in [2.75, 3.05) is 0 Å². The van der Waals surface area contributed by atoms with Crippen molar-refractivity contribution in [2.45, 2.75) is 25.8 Å². The Hall–Kier alpha value is -1.85. The van der Waals surface area contributed by atoms with Crippen LogP contribution in [0.15, 0.2) is 10.6 Å². The Labute approximate surface area is 86.3 Å². The number of aromatic nitrogens is 1. The highest BCUT2D eigenvalue weighted by Gasteiger charge is 2.18. The molecule has 15 heavy (non-hydrogen) atoms. The maximum atomic E-state index is 10.5. The Morgan fingerprint density at radius 2 is 2.53 bits per heavy atom. The van der Waals surface area contributed by atoms with E-state index in [2.05, 4.69) is 10.3 Å². The largest absolute Gasteiger partial charge is 0.465 e. The van der Waals surface area contributed by atoms with Crippen molar-refractivity contribution in [1.29, 1.82) is 0 Å². The topological polar surface area (TPSA) is 92.4 Å². The van der Waals surface area contributed by atoms with Crippen LogP contribution < -0.4 is 5.32 Å². The third kappa shape index (κ3) is 3.08. The molecule has 1 amide bonds. The van der Waals surface area contributed by atoms with Crippen LogP contribution in [-0.2, 0) is 0 Å². The van der Waals surface area contributed by atoms with Gasteiger partial charge in [0.05, 0.1) is 6.20 Å². The Bertz CT molecular complexity index is 348. The lowest BCUT2D eigenvalue weighted by Crippen LogP contribution is -2.26. The van der Waals surface area contributed by atoms with E-state index in [1.54, 1.807) is 0 Å². The van der Waals surface area contributed by atoms with E-state index in [-0.39, 0.29) is 11.7 Å². The number of carboxylic acid groups (broad SMARTS) is 1. The van der Waals surface area contributed by atoms with Crippen LogP contribution in [0.2, 0.25) is 0 Å². The Morgan fingerprint density at radius 1 is 1.80 bits per heavy atom. The van der Waals surface area contributed by atoms with Gasteiger partial charge in [-0.3, -0.25) is 4.79 Å². The number of nitrogens with one attached hydrogen (secondary N) is 1. The number of carbonyl (C=O) groups excluding carboxylic acids is 1. The minimum Gasteiger partial charge on any atom is -0.465 e. The fourth-order valence-electron chi connectivity index (χ4n) is 1.21. The molecule has 0 spiro atoms. The van der Waals surface area contributed by atoms with E-state index < -0.39 is 12.1 Å². The summed E-state index contributed by atoms with van der Waals surface area (Å²) in [7, 11) is 0. The minimum absolute atomic E-state index is 0.0956. The van der Waals surface area contributed by atoms with E-state index in [0.29, 0.717) is 12.7 Å². The molecule has 0 saturated heterocycles.